The molecule has 1 aliphatic carbocycles. The summed E-state index contributed by atoms with van der Waals surface area (Å²) in [4.78, 5) is 11.6. The molecule has 28 heavy (non-hydrogen) atoms. The van der Waals surface area contributed by atoms with Crippen LogP contribution in [-0.2, 0) is 0 Å². The molecule has 1 saturated carbocycles. The molecule has 1 fully saturated rings. The molecule has 0 radical (unpaired) electrons. The molecule has 1 atom stereocenters. The first-order valence-corrected chi connectivity index (χ1v) is 10.0. The second kappa shape index (κ2) is 12.3. The molecule has 1 aromatic carbocycles. The van der Waals surface area contributed by atoms with Crippen molar-refractivity contribution in [2.24, 2.45) is 0 Å². The van der Waals surface area contributed by atoms with Gasteiger partial charge in [0.2, 0.25) is 0 Å². The summed E-state index contributed by atoms with van der Waals surface area (Å²) in [5.74, 6) is 1.25. The fourth-order valence-corrected chi connectivity index (χ4v) is 3.22. The molecule has 156 valence electrons. The Kier molecular flexibility index (Phi) is 9.65. The quantitative estimate of drug-likeness (QED) is 0.434. The highest BCUT2D eigenvalue weighted by Gasteiger charge is 2.22. The van der Waals surface area contributed by atoms with Gasteiger partial charge in [0.1, 0.15) is 19.3 Å². The van der Waals surface area contributed by atoms with Gasteiger partial charge >= 0.3 is 6.03 Å². The molecule has 0 heterocycles. The number of hydrogen-bond donors (Lipinski definition) is 4. The average Bonchev–Trinajstić information content (AvgIpc) is 2.71. The molecule has 1 aromatic rings. The number of carbonyl (C=O) groups is 1. The monoisotopic (exact) mass is 391 g/mol. The molecule has 0 saturated heterocycles. The summed E-state index contributed by atoms with van der Waals surface area (Å²) >= 11 is 0. The molecule has 0 aromatic heterocycles. The van der Waals surface area contributed by atoms with Crippen LogP contribution in [0.4, 0.5) is 4.79 Å². The van der Waals surface area contributed by atoms with Crippen molar-refractivity contribution in [3.8, 4) is 11.5 Å². The summed E-state index contributed by atoms with van der Waals surface area (Å²) in [5, 5.41) is 19.4. The van der Waals surface area contributed by atoms with E-state index in [1.807, 2.05) is 31.2 Å². The van der Waals surface area contributed by atoms with Gasteiger partial charge in [0.05, 0.1) is 0 Å². The number of ether oxygens (including phenoxy) is 2. The van der Waals surface area contributed by atoms with Crippen LogP contribution in [0.15, 0.2) is 36.9 Å². The predicted molar refractivity (Wildman–Crippen MR) is 110 cm³/mol. The number of para-hydroxylation sites is 2. The van der Waals surface area contributed by atoms with Crippen LogP contribution in [0.1, 0.15) is 32.6 Å². The van der Waals surface area contributed by atoms with E-state index in [1.165, 1.54) is 0 Å². The number of nitrogens with one attached hydrogen (secondary N) is 3. The second-order valence-electron chi connectivity index (χ2n) is 6.97. The molecule has 0 bridgehead atoms. The number of carbonyl (C=O) groups excluding carboxylic acids is 1. The highest BCUT2D eigenvalue weighted by molar-refractivity contribution is 5.74. The topological polar surface area (TPSA) is 91.8 Å². The van der Waals surface area contributed by atoms with Crippen molar-refractivity contribution in [3.05, 3.63) is 36.9 Å². The predicted octanol–water partition coefficient (Wildman–Crippen LogP) is 2.21. The third kappa shape index (κ3) is 7.78. The highest BCUT2D eigenvalue weighted by atomic mass is 16.5. The minimum absolute atomic E-state index is 0.0937. The smallest absolute Gasteiger partial charge is 0.314 e. The standard InChI is InChI=1S/C21H33N3O4/c1-3-13-27-19-7-5-6-8-20(19)28-15-18(25)14-23-16-9-11-17(12-10-16)24-21(26)22-4-2/h3,5-8,16-18,23,25H,1,4,9-15H2,2H3,(H2,22,24,26). The van der Waals surface area contributed by atoms with Crippen LogP contribution >= 0.6 is 0 Å². The number of aliphatic hydroxyl groups is 1. The molecule has 1 aliphatic rings. The van der Waals surface area contributed by atoms with Crippen LogP contribution in [0.25, 0.3) is 0 Å². The molecule has 1 unspecified atom stereocenters. The summed E-state index contributed by atoms with van der Waals surface area (Å²) in [6, 6.07) is 7.88. The van der Waals surface area contributed by atoms with Crippen LogP contribution in [0, 0.1) is 0 Å². The maximum absolute atomic E-state index is 11.6. The summed E-state index contributed by atoms with van der Waals surface area (Å²) in [7, 11) is 0. The van der Waals surface area contributed by atoms with E-state index < -0.39 is 6.10 Å². The maximum atomic E-state index is 11.6. The van der Waals surface area contributed by atoms with Crippen LogP contribution < -0.4 is 25.4 Å². The zero-order chi connectivity index (χ0) is 20.2. The van der Waals surface area contributed by atoms with E-state index in [0.717, 1.165) is 25.7 Å². The van der Waals surface area contributed by atoms with Gasteiger partial charge < -0.3 is 30.5 Å². The Bertz CT molecular complexity index is 603. The van der Waals surface area contributed by atoms with E-state index in [-0.39, 0.29) is 18.7 Å². The van der Waals surface area contributed by atoms with Gasteiger partial charge in [-0.2, -0.15) is 0 Å². The maximum Gasteiger partial charge on any atom is 0.314 e. The molecule has 2 amide bonds. The van der Waals surface area contributed by atoms with Crippen molar-refractivity contribution in [1.29, 1.82) is 0 Å². The Morgan fingerprint density at radius 1 is 1.21 bits per heavy atom. The van der Waals surface area contributed by atoms with Crippen LogP contribution in [-0.4, -0.2) is 55.6 Å². The Balaban J connectivity index is 1.65. The number of rotatable bonds is 11. The zero-order valence-corrected chi connectivity index (χ0v) is 16.7. The van der Waals surface area contributed by atoms with Crippen LogP contribution in [0.3, 0.4) is 0 Å². The summed E-state index contributed by atoms with van der Waals surface area (Å²) in [5.41, 5.74) is 0. The summed E-state index contributed by atoms with van der Waals surface area (Å²) in [6.07, 6.45) is 4.89. The van der Waals surface area contributed by atoms with Crippen molar-refractivity contribution >= 4 is 6.03 Å². The van der Waals surface area contributed by atoms with Gasteiger partial charge in [-0.25, -0.2) is 4.79 Å². The van der Waals surface area contributed by atoms with Crippen LogP contribution in [0.2, 0.25) is 0 Å². The number of aliphatic hydroxyl groups excluding tert-OH is 1. The lowest BCUT2D eigenvalue weighted by atomic mass is 9.91. The van der Waals surface area contributed by atoms with E-state index in [2.05, 4.69) is 22.5 Å². The van der Waals surface area contributed by atoms with E-state index in [0.29, 0.717) is 37.2 Å². The van der Waals surface area contributed by atoms with E-state index in [9.17, 15) is 9.90 Å². The first kappa shape index (κ1) is 22.0. The van der Waals surface area contributed by atoms with E-state index in [4.69, 9.17) is 9.47 Å². The fraction of sp³-hybridized carbons (Fsp3) is 0.571. The van der Waals surface area contributed by atoms with Crippen LogP contribution in [0.5, 0.6) is 11.5 Å². The molecule has 2 rings (SSSR count). The van der Waals surface area contributed by atoms with Gasteiger partial charge in [0, 0.05) is 25.2 Å². The van der Waals surface area contributed by atoms with Crippen molar-refractivity contribution < 1.29 is 19.4 Å². The third-order valence-electron chi connectivity index (χ3n) is 4.68. The summed E-state index contributed by atoms with van der Waals surface area (Å²) < 4.78 is 11.3. The van der Waals surface area contributed by atoms with Crippen molar-refractivity contribution in [3.63, 3.8) is 0 Å². The Morgan fingerprint density at radius 3 is 2.50 bits per heavy atom. The highest BCUT2D eigenvalue weighted by Crippen LogP contribution is 2.26. The van der Waals surface area contributed by atoms with Gasteiger partial charge in [0.25, 0.3) is 0 Å². The summed E-state index contributed by atoms with van der Waals surface area (Å²) in [6.45, 7) is 7.24. The Labute approximate surface area is 167 Å². The zero-order valence-electron chi connectivity index (χ0n) is 16.7. The molecule has 0 spiro atoms. The van der Waals surface area contributed by atoms with Crippen molar-refractivity contribution in [2.45, 2.75) is 50.8 Å². The van der Waals surface area contributed by atoms with Gasteiger partial charge in [-0.3, -0.25) is 0 Å². The molecule has 7 heteroatoms. The Hall–Kier alpha value is -2.25. The number of hydrogen-bond acceptors (Lipinski definition) is 5. The van der Waals surface area contributed by atoms with Gasteiger partial charge in [-0.15, -0.1) is 0 Å². The average molecular weight is 392 g/mol. The first-order chi connectivity index (χ1) is 13.6. The van der Waals surface area contributed by atoms with E-state index >= 15 is 0 Å². The number of amides is 2. The fourth-order valence-electron chi connectivity index (χ4n) is 3.22. The van der Waals surface area contributed by atoms with Crippen molar-refractivity contribution in [1.82, 2.24) is 16.0 Å². The molecular weight excluding hydrogens is 358 g/mol. The van der Waals surface area contributed by atoms with Gasteiger partial charge in [0.15, 0.2) is 11.5 Å². The SMILES string of the molecule is C=CCOc1ccccc1OCC(O)CNC1CCC(NC(=O)NCC)CC1. The van der Waals surface area contributed by atoms with Gasteiger partial charge in [-0.05, 0) is 44.7 Å². The third-order valence-corrected chi connectivity index (χ3v) is 4.68. The minimum Gasteiger partial charge on any atom is -0.487 e. The normalized spacial score (nSPS) is 20.1. The Morgan fingerprint density at radius 2 is 1.86 bits per heavy atom. The largest absolute Gasteiger partial charge is 0.487 e. The lowest BCUT2D eigenvalue weighted by molar-refractivity contribution is 0.0993. The lowest BCUT2D eigenvalue weighted by Gasteiger charge is -2.30. The van der Waals surface area contributed by atoms with E-state index in [1.54, 1.807) is 6.08 Å². The van der Waals surface area contributed by atoms with Gasteiger partial charge in [-0.1, -0.05) is 24.8 Å². The molecule has 7 nitrogen and oxygen atoms in total. The first-order valence-electron chi connectivity index (χ1n) is 10.0. The lowest BCUT2D eigenvalue weighted by Crippen LogP contribution is -2.47. The number of urea groups is 1. The molecule has 4 N–H and O–H groups in total. The number of benzene rings is 1. The van der Waals surface area contributed by atoms with Crippen molar-refractivity contribution in [2.75, 3.05) is 26.3 Å². The second-order valence-corrected chi connectivity index (χ2v) is 6.97. The minimum atomic E-state index is -0.612. The molecule has 0 aliphatic heterocycles. The molecular formula is C21H33N3O4.